The van der Waals surface area contributed by atoms with Crippen molar-refractivity contribution >= 4 is 5.96 Å². The highest BCUT2D eigenvalue weighted by molar-refractivity contribution is 5.80. The van der Waals surface area contributed by atoms with Crippen LogP contribution in [0.4, 0.5) is 4.39 Å². The number of guanidine groups is 1. The lowest BCUT2D eigenvalue weighted by Gasteiger charge is -2.15. The van der Waals surface area contributed by atoms with E-state index in [9.17, 15) is 4.39 Å². The highest BCUT2D eigenvalue weighted by atomic mass is 19.1. The second kappa shape index (κ2) is 11.0. The van der Waals surface area contributed by atoms with E-state index >= 15 is 0 Å². The van der Waals surface area contributed by atoms with E-state index in [1.54, 1.807) is 36.5 Å². The summed E-state index contributed by atoms with van der Waals surface area (Å²) < 4.78 is 15.2. The van der Waals surface area contributed by atoms with Crippen molar-refractivity contribution < 1.29 is 4.39 Å². The van der Waals surface area contributed by atoms with Crippen molar-refractivity contribution in [3.05, 3.63) is 108 Å². The van der Waals surface area contributed by atoms with Gasteiger partial charge in [0.1, 0.15) is 18.5 Å². The van der Waals surface area contributed by atoms with Crippen LogP contribution < -0.4 is 10.6 Å². The monoisotopic (exact) mass is 442 g/mol. The molecule has 0 spiro atoms. The number of halogens is 1. The van der Waals surface area contributed by atoms with E-state index in [1.165, 1.54) is 22.8 Å². The second-order valence-electron chi connectivity index (χ2n) is 7.68. The molecule has 0 saturated heterocycles. The Kier molecular flexibility index (Phi) is 7.43. The number of aromatic nitrogens is 3. The Balaban J connectivity index is 1.35. The van der Waals surface area contributed by atoms with Crippen LogP contribution in [0, 0.1) is 5.82 Å². The Bertz CT molecular complexity index is 1190. The molecular formula is C26H27FN6. The molecule has 4 rings (SSSR count). The van der Waals surface area contributed by atoms with Crippen LogP contribution in [-0.2, 0) is 19.5 Å². The molecule has 0 aliphatic rings. The van der Waals surface area contributed by atoms with Gasteiger partial charge in [0.2, 0.25) is 0 Å². The van der Waals surface area contributed by atoms with Gasteiger partial charge in [0.05, 0.1) is 6.54 Å². The lowest BCUT2D eigenvalue weighted by atomic mass is 9.98. The Labute approximate surface area is 193 Å². The smallest absolute Gasteiger partial charge is 0.191 e. The number of hydrogen-bond acceptors (Lipinski definition) is 3. The zero-order valence-electron chi connectivity index (χ0n) is 18.6. The molecule has 2 N–H and O–H groups in total. The van der Waals surface area contributed by atoms with Crippen LogP contribution in [-0.4, -0.2) is 34.3 Å². The fraction of sp³-hybridized carbons (Fsp3) is 0.192. The molecule has 0 aliphatic heterocycles. The maximum atomic E-state index is 13.3. The van der Waals surface area contributed by atoms with Gasteiger partial charge in [0, 0.05) is 20.1 Å². The molecule has 1 heterocycles. The molecule has 0 atom stereocenters. The van der Waals surface area contributed by atoms with E-state index in [2.05, 4.69) is 62.1 Å². The van der Waals surface area contributed by atoms with E-state index in [4.69, 9.17) is 0 Å². The molecule has 0 amide bonds. The van der Waals surface area contributed by atoms with E-state index in [0.717, 1.165) is 17.5 Å². The van der Waals surface area contributed by atoms with Crippen molar-refractivity contribution in [2.75, 3.05) is 13.6 Å². The fourth-order valence-electron chi connectivity index (χ4n) is 3.66. The first kappa shape index (κ1) is 22.2. The Hall–Kier alpha value is -4.00. The van der Waals surface area contributed by atoms with Crippen LogP contribution in [0.5, 0.6) is 0 Å². The number of benzene rings is 3. The fourth-order valence-corrected chi connectivity index (χ4v) is 3.66. The number of nitrogens with one attached hydrogen (secondary N) is 2. The van der Waals surface area contributed by atoms with Gasteiger partial charge in [-0.2, -0.15) is 5.10 Å². The van der Waals surface area contributed by atoms with Gasteiger partial charge in [0.25, 0.3) is 0 Å². The summed E-state index contributed by atoms with van der Waals surface area (Å²) >= 11 is 0. The summed E-state index contributed by atoms with van der Waals surface area (Å²) in [5, 5.41) is 10.8. The summed E-state index contributed by atoms with van der Waals surface area (Å²) in [6.45, 7) is 2.00. The molecule has 0 aliphatic carbocycles. The molecule has 7 heteroatoms. The Morgan fingerprint density at radius 1 is 0.970 bits per heavy atom. The van der Waals surface area contributed by atoms with Gasteiger partial charge in [-0.15, -0.1) is 0 Å². The third-order valence-corrected chi connectivity index (χ3v) is 5.36. The molecule has 0 fully saturated rings. The van der Waals surface area contributed by atoms with Crippen LogP contribution in [0.15, 0.2) is 90.4 Å². The van der Waals surface area contributed by atoms with E-state index in [0.29, 0.717) is 25.6 Å². The summed E-state index contributed by atoms with van der Waals surface area (Å²) in [5.41, 5.74) is 5.63. The zero-order valence-corrected chi connectivity index (χ0v) is 18.6. The average molecular weight is 443 g/mol. The molecule has 4 aromatic rings. The maximum absolute atomic E-state index is 13.3. The normalized spacial score (nSPS) is 11.4. The lowest BCUT2D eigenvalue weighted by molar-refractivity contribution is 0.625. The summed E-state index contributed by atoms with van der Waals surface area (Å²) in [4.78, 5) is 8.30. The third-order valence-electron chi connectivity index (χ3n) is 5.36. The minimum Gasteiger partial charge on any atom is -0.356 e. The molecule has 0 unspecified atom stereocenters. The molecule has 168 valence electrons. The highest BCUT2D eigenvalue weighted by Gasteiger charge is 2.07. The van der Waals surface area contributed by atoms with Crippen molar-refractivity contribution in [3.63, 3.8) is 0 Å². The van der Waals surface area contributed by atoms with Crippen molar-refractivity contribution in [2.45, 2.75) is 19.5 Å². The molecule has 3 aromatic carbocycles. The quantitative estimate of drug-likeness (QED) is 0.319. The molecule has 1 aromatic heterocycles. The minimum atomic E-state index is -0.210. The molecule has 33 heavy (non-hydrogen) atoms. The summed E-state index contributed by atoms with van der Waals surface area (Å²) in [7, 11) is 1.75. The average Bonchev–Trinajstić information content (AvgIpc) is 3.35. The summed E-state index contributed by atoms with van der Waals surface area (Å²) in [6.07, 6.45) is 3.98. The molecule has 6 nitrogen and oxygen atoms in total. The van der Waals surface area contributed by atoms with Crippen molar-refractivity contribution in [3.8, 4) is 11.1 Å². The van der Waals surface area contributed by atoms with Crippen LogP contribution in [0.3, 0.4) is 0 Å². The highest BCUT2D eigenvalue weighted by Crippen LogP contribution is 2.24. The minimum absolute atomic E-state index is 0.210. The predicted molar refractivity (Wildman–Crippen MR) is 129 cm³/mol. The SMILES string of the molecule is CN=C(NCCc1cccc(F)c1)NCc1ccccc1-c1ccc(Cn2cncn2)cc1. The number of aliphatic imine (C=N–C) groups is 1. The molecule has 0 saturated carbocycles. The molecular weight excluding hydrogens is 415 g/mol. The van der Waals surface area contributed by atoms with Crippen molar-refractivity contribution in [1.82, 2.24) is 25.4 Å². The third kappa shape index (κ3) is 6.26. The van der Waals surface area contributed by atoms with Gasteiger partial charge in [0.15, 0.2) is 5.96 Å². The molecule has 0 bridgehead atoms. The predicted octanol–water partition coefficient (Wildman–Crippen LogP) is 4.04. The van der Waals surface area contributed by atoms with E-state index < -0.39 is 0 Å². The Morgan fingerprint density at radius 3 is 2.58 bits per heavy atom. The van der Waals surface area contributed by atoms with Crippen LogP contribution in [0.2, 0.25) is 0 Å². The van der Waals surface area contributed by atoms with E-state index in [1.807, 2.05) is 18.2 Å². The van der Waals surface area contributed by atoms with Crippen LogP contribution in [0.1, 0.15) is 16.7 Å². The molecule has 0 radical (unpaired) electrons. The largest absolute Gasteiger partial charge is 0.356 e. The zero-order chi connectivity index (χ0) is 22.9. The lowest BCUT2D eigenvalue weighted by Crippen LogP contribution is -2.37. The van der Waals surface area contributed by atoms with Gasteiger partial charge >= 0.3 is 0 Å². The summed E-state index contributed by atoms with van der Waals surface area (Å²) in [6, 6.07) is 23.5. The number of hydrogen-bond donors (Lipinski definition) is 2. The first-order valence-corrected chi connectivity index (χ1v) is 10.9. The first-order chi connectivity index (χ1) is 16.2. The van der Waals surface area contributed by atoms with Gasteiger partial charge in [-0.1, -0.05) is 60.7 Å². The van der Waals surface area contributed by atoms with Gasteiger partial charge in [-0.25, -0.2) is 14.1 Å². The van der Waals surface area contributed by atoms with Crippen LogP contribution >= 0.6 is 0 Å². The summed E-state index contributed by atoms with van der Waals surface area (Å²) in [5.74, 6) is 0.502. The standard InChI is InChI=1S/C26H27FN6/c1-28-26(30-14-13-20-5-4-7-24(27)15-20)31-16-23-6-2-3-8-25(23)22-11-9-21(10-12-22)17-33-19-29-18-32-33/h2-12,15,18-19H,13-14,16-17H2,1H3,(H2,28,30,31). The van der Waals surface area contributed by atoms with Crippen molar-refractivity contribution in [1.29, 1.82) is 0 Å². The van der Waals surface area contributed by atoms with Gasteiger partial charge in [-0.3, -0.25) is 4.99 Å². The second-order valence-corrected chi connectivity index (χ2v) is 7.68. The van der Waals surface area contributed by atoms with E-state index in [-0.39, 0.29) is 5.82 Å². The van der Waals surface area contributed by atoms with Crippen LogP contribution in [0.25, 0.3) is 11.1 Å². The number of nitrogens with zero attached hydrogens (tertiary/aromatic N) is 4. The first-order valence-electron chi connectivity index (χ1n) is 10.9. The van der Waals surface area contributed by atoms with Gasteiger partial charge in [-0.05, 0) is 46.4 Å². The Morgan fingerprint density at radius 2 is 1.82 bits per heavy atom. The maximum Gasteiger partial charge on any atom is 0.191 e. The topological polar surface area (TPSA) is 67.1 Å². The van der Waals surface area contributed by atoms with Crippen molar-refractivity contribution in [2.24, 2.45) is 4.99 Å². The van der Waals surface area contributed by atoms with Gasteiger partial charge < -0.3 is 10.6 Å². The number of rotatable bonds is 8.